The minimum Gasteiger partial charge on any atom is -0.486 e. The Balaban J connectivity index is 1.43. The molecule has 0 bridgehead atoms. The highest BCUT2D eigenvalue weighted by atomic mass is 79.9. The van der Waals surface area contributed by atoms with Crippen LogP contribution in [0.2, 0.25) is 0 Å². The number of rotatable bonds is 3. The number of carbonyl (C=O) groups is 2. The minimum absolute atomic E-state index is 0.0992. The van der Waals surface area contributed by atoms with Crippen LogP contribution in [0.15, 0.2) is 34.8 Å². The molecule has 0 spiro atoms. The van der Waals surface area contributed by atoms with Crippen molar-refractivity contribution in [3.05, 3.63) is 45.9 Å². The van der Waals surface area contributed by atoms with Gasteiger partial charge in [-0.05, 0) is 42.3 Å². The number of fused-ring (bicyclic) bond motifs is 2. The van der Waals surface area contributed by atoms with Crippen LogP contribution in [0, 0.1) is 0 Å². The lowest BCUT2D eigenvalue weighted by Gasteiger charge is -2.25. The van der Waals surface area contributed by atoms with Crippen molar-refractivity contribution in [2.24, 2.45) is 0 Å². The lowest BCUT2D eigenvalue weighted by molar-refractivity contribution is -0.131. The maximum atomic E-state index is 13.3. The molecule has 2 aromatic carbocycles. The van der Waals surface area contributed by atoms with Gasteiger partial charge in [-0.15, -0.1) is 0 Å². The Kier molecular flexibility index (Phi) is 4.50. The van der Waals surface area contributed by atoms with E-state index < -0.39 is 11.6 Å². The fourth-order valence-corrected chi connectivity index (χ4v) is 4.24. The monoisotopic (exact) mass is 474 g/mol. The molecule has 0 aromatic heterocycles. The molecule has 2 aromatic rings. The predicted octanol–water partition coefficient (Wildman–Crippen LogP) is 2.96. The van der Waals surface area contributed by atoms with Gasteiger partial charge in [0.2, 0.25) is 0 Å². The zero-order valence-corrected chi connectivity index (χ0v) is 17.8. The van der Waals surface area contributed by atoms with Crippen LogP contribution in [-0.4, -0.2) is 43.3 Å². The summed E-state index contributed by atoms with van der Waals surface area (Å²) in [5, 5.41) is 2.83. The quantitative estimate of drug-likeness (QED) is 0.688. The Morgan fingerprint density at radius 2 is 1.53 bits per heavy atom. The number of nitrogens with one attached hydrogen (secondary N) is 1. The molecule has 8 nitrogen and oxygen atoms in total. The number of ether oxygens (including phenoxy) is 4. The number of nitrogens with zero attached hydrogens (tertiary/aromatic N) is 1. The second-order valence-corrected chi connectivity index (χ2v) is 8.25. The fourth-order valence-electron chi connectivity index (χ4n) is 3.79. The molecule has 1 unspecified atom stereocenters. The van der Waals surface area contributed by atoms with E-state index in [0.29, 0.717) is 55.0 Å². The molecule has 1 saturated heterocycles. The van der Waals surface area contributed by atoms with Gasteiger partial charge in [-0.2, -0.15) is 0 Å². The summed E-state index contributed by atoms with van der Waals surface area (Å²) in [5.41, 5.74) is 0.177. The molecule has 5 rings (SSSR count). The summed E-state index contributed by atoms with van der Waals surface area (Å²) in [4.78, 5) is 27.2. The van der Waals surface area contributed by atoms with Gasteiger partial charge >= 0.3 is 6.03 Å². The predicted molar refractivity (Wildman–Crippen MR) is 109 cm³/mol. The molecule has 1 N–H and O–H groups in total. The van der Waals surface area contributed by atoms with Crippen LogP contribution in [0.3, 0.4) is 0 Å². The number of hydrogen-bond acceptors (Lipinski definition) is 6. The van der Waals surface area contributed by atoms with Crippen LogP contribution in [0.1, 0.15) is 18.1 Å². The molecular weight excluding hydrogens is 456 g/mol. The van der Waals surface area contributed by atoms with Crippen LogP contribution in [-0.2, 0) is 16.9 Å². The van der Waals surface area contributed by atoms with E-state index in [1.807, 2.05) is 0 Å². The van der Waals surface area contributed by atoms with Crippen molar-refractivity contribution in [1.29, 1.82) is 0 Å². The summed E-state index contributed by atoms with van der Waals surface area (Å²) in [7, 11) is 0. The standard InChI is InChI=1S/C21H19BrN2O6/c1-21(13-2-3-15-17(9-13)29-5-4-27-15)19(25)24(20(26)23-21)11-12-8-16-18(10-14(12)22)30-7-6-28-16/h2-3,8-10H,4-7,11H2,1H3,(H,23,26). The Morgan fingerprint density at radius 1 is 0.933 bits per heavy atom. The molecule has 3 aliphatic rings. The van der Waals surface area contributed by atoms with Gasteiger partial charge in [-0.1, -0.05) is 22.0 Å². The first-order valence-corrected chi connectivity index (χ1v) is 10.4. The number of benzene rings is 2. The Bertz CT molecular complexity index is 1060. The lowest BCUT2D eigenvalue weighted by atomic mass is 9.91. The van der Waals surface area contributed by atoms with E-state index in [2.05, 4.69) is 21.2 Å². The fraction of sp³-hybridized carbons (Fsp3) is 0.333. The molecule has 156 valence electrons. The number of amides is 3. The first-order valence-electron chi connectivity index (χ1n) is 9.58. The lowest BCUT2D eigenvalue weighted by Crippen LogP contribution is -2.41. The maximum Gasteiger partial charge on any atom is 0.325 e. The largest absolute Gasteiger partial charge is 0.486 e. The Hall–Kier alpha value is -2.94. The van der Waals surface area contributed by atoms with Gasteiger partial charge in [-0.3, -0.25) is 9.69 Å². The first-order chi connectivity index (χ1) is 14.5. The molecule has 0 aliphatic carbocycles. The molecule has 1 fully saturated rings. The van der Waals surface area contributed by atoms with Gasteiger partial charge in [0.1, 0.15) is 32.0 Å². The zero-order valence-electron chi connectivity index (χ0n) is 16.2. The van der Waals surface area contributed by atoms with Crippen molar-refractivity contribution in [3.8, 4) is 23.0 Å². The summed E-state index contributed by atoms with van der Waals surface area (Å²) in [6.45, 7) is 3.66. The zero-order chi connectivity index (χ0) is 20.9. The summed E-state index contributed by atoms with van der Waals surface area (Å²) in [5.74, 6) is 2.08. The second kappa shape index (κ2) is 7.09. The molecule has 3 aliphatic heterocycles. The van der Waals surface area contributed by atoms with Crippen LogP contribution in [0.4, 0.5) is 4.79 Å². The number of imide groups is 1. The van der Waals surface area contributed by atoms with E-state index in [9.17, 15) is 9.59 Å². The van der Waals surface area contributed by atoms with Crippen LogP contribution >= 0.6 is 15.9 Å². The third kappa shape index (κ3) is 3.04. The highest BCUT2D eigenvalue weighted by Crippen LogP contribution is 2.39. The van der Waals surface area contributed by atoms with Gasteiger partial charge in [0.25, 0.3) is 5.91 Å². The van der Waals surface area contributed by atoms with Crippen molar-refractivity contribution in [1.82, 2.24) is 10.2 Å². The molecule has 1 atom stereocenters. The smallest absolute Gasteiger partial charge is 0.325 e. The van der Waals surface area contributed by atoms with Gasteiger partial charge in [0.05, 0.1) is 6.54 Å². The van der Waals surface area contributed by atoms with Gasteiger partial charge < -0.3 is 24.3 Å². The average molecular weight is 475 g/mol. The number of hydrogen-bond donors (Lipinski definition) is 1. The normalized spacial score (nSPS) is 22.1. The average Bonchev–Trinajstić information content (AvgIpc) is 2.97. The number of halogens is 1. The van der Waals surface area contributed by atoms with Crippen molar-refractivity contribution < 1.29 is 28.5 Å². The third-order valence-electron chi connectivity index (χ3n) is 5.43. The third-order valence-corrected chi connectivity index (χ3v) is 6.17. The van der Waals surface area contributed by atoms with Crippen molar-refractivity contribution in [2.75, 3.05) is 26.4 Å². The summed E-state index contributed by atoms with van der Waals surface area (Å²) in [6, 6.07) is 8.40. The number of carbonyl (C=O) groups excluding carboxylic acids is 2. The summed E-state index contributed by atoms with van der Waals surface area (Å²) < 4.78 is 23.1. The van der Waals surface area contributed by atoms with Crippen LogP contribution in [0.5, 0.6) is 23.0 Å². The van der Waals surface area contributed by atoms with Crippen molar-refractivity contribution >= 4 is 27.9 Å². The Labute approximate surface area is 181 Å². The Morgan fingerprint density at radius 3 is 2.23 bits per heavy atom. The van der Waals surface area contributed by atoms with Crippen LogP contribution in [0.25, 0.3) is 0 Å². The molecule has 9 heteroatoms. The number of urea groups is 1. The van der Waals surface area contributed by atoms with Gasteiger partial charge in [0.15, 0.2) is 23.0 Å². The van der Waals surface area contributed by atoms with E-state index in [4.69, 9.17) is 18.9 Å². The van der Waals surface area contributed by atoms with Gasteiger partial charge in [0, 0.05) is 4.47 Å². The minimum atomic E-state index is -1.20. The maximum absolute atomic E-state index is 13.3. The molecular formula is C21H19BrN2O6. The first kappa shape index (κ1) is 19.0. The van der Waals surface area contributed by atoms with E-state index in [-0.39, 0.29) is 12.5 Å². The second-order valence-electron chi connectivity index (χ2n) is 7.39. The molecule has 3 heterocycles. The SMILES string of the molecule is CC1(c2ccc3c(c2)OCCO3)NC(=O)N(Cc2cc3c(cc2Br)OCCO3)C1=O. The topological polar surface area (TPSA) is 86.3 Å². The molecule has 0 saturated carbocycles. The van der Waals surface area contributed by atoms with Gasteiger partial charge in [-0.25, -0.2) is 4.79 Å². The van der Waals surface area contributed by atoms with E-state index in [1.165, 1.54) is 4.90 Å². The summed E-state index contributed by atoms with van der Waals surface area (Å²) in [6.07, 6.45) is 0. The van der Waals surface area contributed by atoms with Crippen molar-refractivity contribution in [2.45, 2.75) is 19.0 Å². The van der Waals surface area contributed by atoms with Crippen molar-refractivity contribution in [3.63, 3.8) is 0 Å². The van der Waals surface area contributed by atoms with E-state index in [0.717, 1.165) is 10.0 Å². The molecule has 0 radical (unpaired) electrons. The highest BCUT2D eigenvalue weighted by molar-refractivity contribution is 9.10. The molecule has 3 amide bonds. The van der Waals surface area contributed by atoms with E-state index in [1.54, 1.807) is 37.3 Å². The molecule has 30 heavy (non-hydrogen) atoms. The summed E-state index contributed by atoms with van der Waals surface area (Å²) >= 11 is 3.50. The van der Waals surface area contributed by atoms with E-state index >= 15 is 0 Å². The van der Waals surface area contributed by atoms with Crippen LogP contribution < -0.4 is 24.3 Å². The highest BCUT2D eigenvalue weighted by Gasteiger charge is 2.49.